The highest BCUT2D eigenvalue weighted by atomic mass is 19.2. The van der Waals surface area contributed by atoms with Crippen molar-refractivity contribution in [3.63, 3.8) is 0 Å². The highest BCUT2D eigenvalue weighted by Gasteiger charge is 2.26. The molecule has 1 saturated carbocycles. The molecule has 0 spiro atoms. The van der Waals surface area contributed by atoms with Crippen molar-refractivity contribution in [2.75, 3.05) is 6.61 Å². The predicted molar refractivity (Wildman–Crippen MR) is 111 cm³/mol. The van der Waals surface area contributed by atoms with Crippen molar-refractivity contribution in [1.29, 1.82) is 0 Å². The Morgan fingerprint density at radius 2 is 1.72 bits per heavy atom. The minimum atomic E-state index is -0.865. The molecule has 1 nitrogen and oxygen atoms in total. The van der Waals surface area contributed by atoms with E-state index in [1.54, 1.807) is 18.2 Å². The zero-order valence-corrected chi connectivity index (χ0v) is 17.4. The van der Waals surface area contributed by atoms with Crippen molar-refractivity contribution < 1.29 is 17.9 Å². The first kappa shape index (κ1) is 21.7. The van der Waals surface area contributed by atoms with E-state index >= 15 is 0 Å². The third kappa shape index (κ3) is 5.55. The standard InChI is InChI=1S/C25H31F3O/c1-3-4-15-29-23-14-13-21(24(27)25(23)28)19-10-6-18(7-11-19)8-12-20-9-5-17(2)16-22(20)26/h5,9,13-14,16,18-19H,3-4,6-8,10-12,15H2,1-2H3. The molecule has 1 fully saturated rings. The van der Waals surface area contributed by atoms with Gasteiger partial charge in [0.1, 0.15) is 5.82 Å². The number of halogens is 3. The van der Waals surface area contributed by atoms with E-state index in [9.17, 15) is 13.2 Å². The third-order valence-corrected chi connectivity index (χ3v) is 6.15. The molecule has 4 heteroatoms. The minimum absolute atomic E-state index is 0.00788. The van der Waals surface area contributed by atoms with Gasteiger partial charge in [0.15, 0.2) is 11.6 Å². The lowest BCUT2D eigenvalue weighted by Crippen LogP contribution is -2.16. The van der Waals surface area contributed by atoms with E-state index in [-0.39, 0.29) is 17.5 Å². The monoisotopic (exact) mass is 404 g/mol. The normalized spacial score (nSPS) is 19.3. The molecule has 0 aromatic heterocycles. The summed E-state index contributed by atoms with van der Waals surface area (Å²) in [5, 5.41) is 0. The summed E-state index contributed by atoms with van der Waals surface area (Å²) >= 11 is 0. The molecule has 1 aliphatic carbocycles. The summed E-state index contributed by atoms with van der Waals surface area (Å²) in [4.78, 5) is 0. The van der Waals surface area contributed by atoms with E-state index in [0.717, 1.165) is 62.5 Å². The van der Waals surface area contributed by atoms with Crippen molar-refractivity contribution in [3.8, 4) is 5.75 Å². The van der Waals surface area contributed by atoms with Gasteiger partial charge < -0.3 is 4.74 Å². The highest BCUT2D eigenvalue weighted by molar-refractivity contribution is 5.33. The van der Waals surface area contributed by atoms with Crippen molar-refractivity contribution in [2.24, 2.45) is 5.92 Å². The number of benzene rings is 2. The molecule has 0 saturated heterocycles. The summed E-state index contributed by atoms with van der Waals surface area (Å²) in [6, 6.07) is 8.65. The zero-order valence-electron chi connectivity index (χ0n) is 17.4. The second-order valence-electron chi connectivity index (χ2n) is 8.33. The van der Waals surface area contributed by atoms with Gasteiger partial charge in [-0.3, -0.25) is 0 Å². The van der Waals surface area contributed by atoms with Crippen molar-refractivity contribution in [2.45, 2.75) is 71.1 Å². The van der Waals surface area contributed by atoms with E-state index in [4.69, 9.17) is 4.74 Å². The lowest BCUT2D eigenvalue weighted by atomic mass is 9.76. The lowest BCUT2D eigenvalue weighted by Gasteiger charge is -2.29. The van der Waals surface area contributed by atoms with Crippen LogP contribution in [0.1, 0.15) is 74.5 Å². The molecule has 0 heterocycles. The number of rotatable bonds is 8. The zero-order chi connectivity index (χ0) is 20.8. The Bertz CT molecular complexity index is 810. The van der Waals surface area contributed by atoms with Crippen LogP contribution < -0.4 is 4.74 Å². The average Bonchev–Trinajstić information content (AvgIpc) is 2.71. The highest BCUT2D eigenvalue weighted by Crippen LogP contribution is 2.40. The van der Waals surface area contributed by atoms with Crippen LogP contribution in [0, 0.1) is 30.3 Å². The van der Waals surface area contributed by atoms with E-state index < -0.39 is 11.6 Å². The van der Waals surface area contributed by atoms with Gasteiger partial charge in [-0.2, -0.15) is 4.39 Å². The van der Waals surface area contributed by atoms with Crippen LogP contribution in [0.4, 0.5) is 13.2 Å². The average molecular weight is 405 g/mol. The number of ether oxygens (including phenoxy) is 1. The van der Waals surface area contributed by atoms with Gasteiger partial charge in [0.25, 0.3) is 0 Å². The van der Waals surface area contributed by atoms with E-state index in [2.05, 4.69) is 0 Å². The second kappa shape index (κ2) is 10.2. The number of aryl methyl sites for hydroxylation is 2. The first-order valence-corrected chi connectivity index (χ1v) is 10.8. The maximum Gasteiger partial charge on any atom is 0.200 e. The quantitative estimate of drug-likeness (QED) is 0.414. The summed E-state index contributed by atoms with van der Waals surface area (Å²) in [6.07, 6.45) is 7.05. The Labute approximate surface area is 172 Å². The second-order valence-corrected chi connectivity index (χ2v) is 8.33. The molecule has 3 rings (SSSR count). The Balaban J connectivity index is 1.54. The molecule has 2 aromatic rings. The van der Waals surface area contributed by atoms with Crippen molar-refractivity contribution in [3.05, 3.63) is 64.5 Å². The topological polar surface area (TPSA) is 9.23 Å². The summed E-state index contributed by atoms with van der Waals surface area (Å²) in [5.74, 6) is -1.19. The molecule has 158 valence electrons. The molecule has 1 aliphatic rings. The van der Waals surface area contributed by atoms with Crippen LogP contribution in [0.25, 0.3) is 0 Å². The molecule has 0 aliphatic heterocycles. The van der Waals surface area contributed by atoms with Gasteiger partial charge in [-0.05, 0) is 92.5 Å². The summed E-state index contributed by atoms with van der Waals surface area (Å²) in [6.45, 7) is 4.32. The minimum Gasteiger partial charge on any atom is -0.490 e. The van der Waals surface area contributed by atoms with Gasteiger partial charge in [0, 0.05) is 0 Å². The van der Waals surface area contributed by atoms with Crippen LogP contribution in [0.3, 0.4) is 0 Å². The summed E-state index contributed by atoms with van der Waals surface area (Å²) in [7, 11) is 0. The predicted octanol–water partition coefficient (Wildman–Crippen LogP) is 7.50. The van der Waals surface area contributed by atoms with Gasteiger partial charge in [-0.25, -0.2) is 8.78 Å². The van der Waals surface area contributed by atoms with E-state index in [0.29, 0.717) is 18.1 Å². The first-order chi connectivity index (χ1) is 14.0. The van der Waals surface area contributed by atoms with Crippen LogP contribution in [0.15, 0.2) is 30.3 Å². The molecule has 0 unspecified atom stereocenters. The van der Waals surface area contributed by atoms with Crippen LogP contribution in [-0.2, 0) is 6.42 Å². The smallest absolute Gasteiger partial charge is 0.200 e. The molecule has 0 atom stereocenters. The Hall–Kier alpha value is -1.97. The van der Waals surface area contributed by atoms with Crippen LogP contribution in [-0.4, -0.2) is 6.61 Å². The van der Waals surface area contributed by atoms with Crippen LogP contribution >= 0.6 is 0 Å². The Morgan fingerprint density at radius 1 is 0.966 bits per heavy atom. The van der Waals surface area contributed by atoms with Crippen molar-refractivity contribution >= 4 is 0 Å². The van der Waals surface area contributed by atoms with Gasteiger partial charge in [-0.1, -0.05) is 31.5 Å². The first-order valence-electron chi connectivity index (χ1n) is 10.8. The maximum absolute atomic E-state index is 14.6. The molecule has 29 heavy (non-hydrogen) atoms. The van der Waals surface area contributed by atoms with Crippen LogP contribution in [0.2, 0.25) is 0 Å². The largest absolute Gasteiger partial charge is 0.490 e. The summed E-state index contributed by atoms with van der Waals surface area (Å²) in [5.41, 5.74) is 2.17. The summed E-state index contributed by atoms with van der Waals surface area (Å²) < 4.78 is 48.3. The van der Waals surface area contributed by atoms with Crippen LogP contribution in [0.5, 0.6) is 5.75 Å². The van der Waals surface area contributed by atoms with Gasteiger partial charge >= 0.3 is 0 Å². The fourth-order valence-corrected chi connectivity index (χ4v) is 4.28. The fourth-order valence-electron chi connectivity index (χ4n) is 4.28. The maximum atomic E-state index is 14.6. The van der Waals surface area contributed by atoms with Gasteiger partial charge in [0.2, 0.25) is 5.82 Å². The third-order valence-electron chi connectivity index (χ3n) is 6.15. The molecular formula is C25H31F3O. The molecule has 2 aromatic carbocycles. The Kier molecular flexibility index (Phi) is 7.63. The number of hydrogen-bond acceptors (Lipinski definition) is 1. The molecule has 0 bridgehead atoms. The van der Waals surface area contributed by atoms with E-state index in [1.807, 2.05) is 26.0 Å². The molecule has 0 N–H and O–H groups in total. The lowest BCUT2D eigenvalue weighted by molar-refractivity contribution is 0.283. The van der Waals surface area contributed by atoms with Gasteiger partial charge in [0.05, 0.1) is 6.61 Å². The van der Waals surface area contributed by atoms with E-state index in [1.165, 1.54) is 0 Å². The van der Waals surface area contributed by atoms with Gasteiger partial charge in [-0.15, -0.1) is 0 Å². The molecule has 0 amide bonds. The Morgan fingerprint density at radius 3 is 2.41 bits per heavy atom. The van der Waals surface area contributed by atoms with Crippen molar-refractivity contribution in [1.82, 2.24) is 0 Å². The SMILES string of the molecule is CCCCOc1ccc(C2CCC(CCc3ccc(C)cc3F)CC2)c(F)c1F. The number of hydrogen-bond donors (Lipinski definition) is 0. The fraction of sp³-hybridized carbons (Fsp3) is 0.520. The molecule has 0 radical (unpaired) electrons. The molecular weight excluding hydrogens is 373 g/mol. The number of unbranched alkanes of at least 4 members (excludes halogenated alkanes) is 1.